The Morgan fingerprint density at radius 3 is 2.24 bits per heavy atom. The molecule has 0 bridgehead atoms. The van der Waals surface area contributed by atoms with Crippen LogP contribution in [0, 0.1) is 5.21 Å². The molecule has 1 aliphatic carbocycles. The molecule has 4 rings (SSSR count). The van der Waals surface area contributed by atoms with Crippen LogP contribution in [0.4, 0.5) is 0 Å². The summed E-state index contributed by atoms with van der Waals surface area (Å²) in [5, 5.41) is 23.0. The molecule has 128 valence electrons. The van der Waals surface area contributed by atoms with Crippen molar-refractivity contribution >= 4 is 11.9 Å². The summed E-state index contributed by atoms with van der Waals surface area (Å²) in [5.41, 5.74) is 1.27. The van der Waals surface area contributed by atoms with Crippen LogP contribution in [0.1, 0.15) is 31.2 Å². The van der Waals surface area contributed by atoms with Crippen molar-refractivity contribution in [1.29, 1.82) is 0 Å². The maximum atomic E-state index is 12.8. The SMILES string of the molecule is [O-][N+]1=C(c2ccc(Oc3ccccc3)cc2)C=[N+](O)[C@H]2CCCC[C@H]21. The quantitative estimate of drug-likeness (QED) is 0.529. The average molecular weight is 337 g/mol. The average Bonchev–Trinajstić information content (AvgIpc) is 2.66. The van der Waals surface area contributed by atoms with Gasteiger partial charge in [-0.1, -0.05) is 18.2 Å². The predicted octanol–water partition coefficient (Wildman–Crippen LogP) is 3.58. The summed E-state index contributed by atoms with van der Waals surface area (Å²) in [6, 6.07) is 16.7. The van der Waals surface area contributed by atoms with Gasteiger partial charge in [0.25, 0.3) is 18.0 Å². The molecule has 5 nitrogen and oxygen atoms in total. The zero-order valence-electron chi connectivity index (χ0n) is 13.9. The number of ether oxygens (including phenoxy) is 1. The van der Waals surface area contributed by atoms with Gasteiger partial charge < -0.3 is 9.94 Å². The Kier molecular flexibility index (Phi) is 4.14. The fourth-order valence-corrected chi connectivity index (χ4v) is 3.65. The van der Waals surface area contributed by atoms with Gasteiger partial charge >= 0.3 is 0 Å². The van der Waals surface area contributed by atoms with Crippen molar-refractivity contribution in [3.63, 3.8) is 0 Å². The highest BCUT2D eigenvalue weighted by molar-refractivity contribution is 6.34. The third-order valence-electron chi connectivity index (χ3n) is 4.96. The van der Waals surface area contributed by atoms with Crippen LogP contribution in [0.2, 0.25) is 0 Å². The normalized spacial score (nSPS) is 23.0. The summed E-state index contributed by atoms with van der Waals surface area (Å²) in [7, 11) is 0. The van der Waals surface area contributed by atoms with Gasteiger partial charge in [-0.3, -0.25) is 5.21 Å². The molecule has 0 spiro atoms. The zero-order valence-corrected chi connectivity index (χ0v) is 13.9. The standard InChI is InChI=1S/C20H21N2O3/c23-21-14-20(22(24)19-9-5-4-8-18(19)21)15-10-12-17(13-11-15)25-16-6-2-1-3-7-16/h1-3,6-7,10-14,18-19,23H,4-5,8-9H2/q+1/t18-,19+/m0/s1. The number of hydrogen-bond donors (Lipinski definition) is 1. The lowest BCUT2D eigenvalue weighted by Crippen LogP contribution is -2.51. The molecular formula is C20H21N2O3+. The van der Waals surface area contributed by atoms with E-state index in [9.17, 15) is 10.4 Å². The highest BCUT2D eigenvalue weighted by Crippen LogP contribution is 2.26. The molecule has 0 radical (unpaired) electrons. The van der Waals surface area contributed by atoms with E-state index in [1.165, 1.54) is 4.74 Å². The predicted molar refractivity (Wildman–Crippen MR) is 94.8 cm³/mol. The largest absolute Gasteiger partial charge is 0.623 e. The molecule has 0 unspecified atom stereocenters. The second-order valence-electron chi connectivity index (χ2n) is 6.58. The van der Waals surface area contributed by atoms with Crippen molar-refractivity contribution in [2.75, 3.05) is 0 Å². The number of nitrogens with zero attached hydrogens (tertiary/aromatic N) is 2. The fourth-order valence-electron chi connectivity index (χ4n) is 3.65. The van der Waals surface area contributed by atoms with Gasteiger partial charge in [-0.2, -0.15) is 4.74 Å². The summed E-state index contributed by atoms with van der Waals surface area (Å²) in [5.74, 6) is 1.48. The lowest BCUT2D eigenvalue weighted by molar-refractivity contribution is -0.819. The Labute approximate surface area is 146 Å². The minimum atomic E-state index is -0.181. The van der Waals surface area contributed by atoms with E-state index in [4.69, 9.17) is 4.74 Å². The molecule has 1 fully saturated rings. The van der Waals surface area contributed by atoms with Crippen LogP contribution in [0.25, 0.3) is 0 Å². The molecule has 0 aromatic heterocycles. The van der Waals surface area contributed by atoms with Gasteiger partial charge in [-0.05, 0) is 54.0 Å². The molecule has 2 aromatic rings. The van der Waals surface area contributed by atoms with Gasteiger partial charge in [0.1, 0.15) is 11.5 Å². The Hall–Kier alpha value is -2.82. The van der Waals surface area contributed by atoms with Gasteiger partial charge in [0.15, 0.2) is 0 Å². The molecule has 2 aliphatic rings. The zero-order chi connectivity index (χ0) is 17.2. The van der Waals surface area contributed by atoms with E-state index in [1.54, 1.807) is 6.21 Å². The maximum absolute atomic E-state index is 12.8. The second kappa shape index (κ2) is 6.59. The van der Waals surface area contributed by atoms with E-state index in [0.29, 0.717) is 11.5 Å². The van der Waals surface area contributed by atoms with E-state index in [0.717, 1.165) is 41.7 Å². The molecule has 1 N–H and O–H groups in total. The van der Waals surface area contributed by atoms with Gasteiger partial charge in [0, 0.05) is 12.8 Å². The van der Waals surface area contributed by atoms with Crippen LogP contribution in [0.5, 0.6) is 11.5 Å². The van der Waals surface area contributed by atoms with E-state index in [1.807, 2.05) is 54.6 Å². The first-order valence-corrected chi connectivity index (χ1v) is 8.71. The summed E-state index contributed by atoms with van der Waals surface area (Å²) in [4.78, 5) is 0. The van der Waals surface area contributed by atoms with E-state index in [2.05, 4.69) is 0 Å². The van der Waals surface area contributed by atoms with Crippen molar-refractivity contribution in [2.24, 2.45) is 0 Å². The van der Waals surface area contributed by atoms with Gasteiger partial charge in [-0.25, -0.2) is 0 Å². The topological polar surface area (TPSA) is 58.5 Å². The molecule has 0 saturated heterocycles. The summed E-state index contributed by atoms with van der Waals surface area (Å²) < 4.78 is 8.08. The monoisotopic (exact) mass is 337 g/mol. The molecule has 1 saturated carbocycles. The van der Waals surface area contributed by atoms with Crippen molar-refractivity contribution in [3.05, 3.63) is 65.4 Å². The van der Waals surface area contributed by atoms with Crippen LogP contribution in [-0.4, -0.2) is 38.7 Å². The second-order valence-corrected chi connectivity index (χ2v) is 6.58. The van der Waals surface area contributed by atoms with E-state index >= 15 is 0 Å². The molecule has 2 aromatic carbocycles. The molecule has 1 heterocycles. The van der Waals surface area contributed by atoms with Crippen LogP contribution in [-0.2, 0) is 0 Å². The summed E-state index contributed by atoms with van der Waals surface area (Å²) in [6.45, 7) is 0. The van der Waals surface area contributed by atoms with Crippen molar-refractivity contribution < 1.29 is 19.4 Å². The Morgan fingerprint density at radius 1 is 0.880 bits per heavy atom. The molecule has 5 heteroatoms. The van der Waals surface area contributed by atoms with Crippen molar-refractivity contribution in [2.45, 2.75) is 37.8 Å². The van der Waals surface area contributed by atoms with Gasteiger partial charge in [-0.15, -0.1) is 0 Å². The Morgan fingerprint density at radius 2 is 1.52 bits per heavy atom. The van der Waals surface area contributed by atoms with Crippen LogP contribution >= 0.6 is 0 Å². The van der Waals surface area contributed by atoms with Gasteiger partial charge in [0.05, 0.1) is 5.56 Å². The van der Waals surface area contributed by atoms with Crippen LogP contribution in [0.15, 0.2) is 54.6 Å². The van der Waals surface area contributed by atoms with Crippen LogP contribution in [0.3, 0.4) is 0 Å². The third kappa shape index (κ3) is 3.09. The van der Waals surface area contributed by atoms with Gasteiger partial charge in [0.2, 0.25) is 6.04 Å². The number of hydroxylamine groups is 2. The first kappa shape index (κ1) is 15.7. The number of benzene rings is 2. The first-order valence-electron chi connectivity index (χ1n) is 8.71. The van der Waals surface area contributed by atoms with E-state index in [-0.39, 0.29) is 12.1 Å². The minimum absolute atomic E-state index is 0.101. The molecular weight excluding hydrogens is 316 g/mol. The lowest BCUT2D eigenvalue weighted by Gasteiger charge is -2.28. The smallest absolute Gasteiger partial charge is 0.288 e. The minimum Gasteiger partial charge on any atom is -0.623 e. The number of rotatable bonds is 3. The number of para-hydroxylation sites is 1. The molecule has 1 aliphatic heterocycles. The highest BCUT2D eigenvalue weighted by Gasteiger charge is 2.45. The summed E-state index contributed by atoms with van der Waals surface area (Å²) in [6.07, 6.45) is 5.31. The summed E-state index contributed by atoms with van der Waals surface area (Å²) >= 11 is 0. The Bertz CT molecular complexity index is 813. The van der Waals surface area contributed by atoms with E-state index < -0.39 is 0 Å². The van der Waals surface area contributed by atoms with Crippen molar-refractivity contribution in [1.82, 2.24) is 0 Å². The fraction of sp³-hybridized carbons (Fsp3) is 0.300. The van der Waals surface area contributed by atoms with Crippen molar-refractivity contribution in [3.8, 4) is 11.5 Å². The lowest BCUT2D eigenvalue weighted by atomic mass is 9.89. The highest BCUT2D eigenvalue weighted by atomic mass is 16.5. The molecule has 2 atom stereocenters. The third-order valence-corrected chi connectivity index (χ3v) is 4.96. The Balaban J connectivity index is 1.59. The number of fused-ring (bicyclic) bond motifs is 1. The number of hydrogen-bond acceptors (Lipinski definition) is 3. The van der Waals surface area contributed by atoms with Crippen LogP contribution < -0.4 is 4.74 Å². The maximum Gasteiger partial charge on any atom is 0.288 e. The first-order chi connectivity index (χ1) is 12.2. The molecule has 25 heavy (non-hydrogen) atoms. The molecule has 0 amide bonds.